The topological polar surface area (TPSA) is 18.5 Å². The molecule has 0 saturated carbocycles. The Morgan fingerprint density at radius 1 is 1.19 bits per heavy atom. The predicted octanol–water partition coefficient (Wildman–Crippen LogP) is 1.26. The third kappa shape index (κ3) is 4.81. The standard InChI is InChI=1S/C13H29N3/c1-12(2)13(15(3)4)6-5-9-16-10-7-14-8-11-16/h12-14H,5-11H2,1-4H3. The van der Waals surface area contributed by atoms with Crippen LogP contribution in [0.4, 0.5) is 0 Å². The Labute approximate surface area is 101 Å². The van der Waals surface area contributed by atoms with E-state index in [9.17, 15) is 0 Å². The fourth-order valence-corrected chi connectivity index (χ4v) is 2.65. The third-order valence-corrected chi connectivity index (χ3v) is 3.62. The summed E-state index contributed by atoms with van der Waals surface area (Å²) in [5.41, 5.74) is 0. The number of rotatable bonds is 6. The first-order valence-electron chi connectivity index (χ1n) is 6.70. The van der Waals surface area contributed by atoms with Gasteiger partial charge in [0.2, 0.25) is 0 Å². The lowest BCUT2D eigenvalue weighted by atomic mass is 9.98. The van der Waals surface area contributed by atoms with Crippen molar-refractivity contribution >= 4 is 0 Å². The van der Waals surface area contributed by atoms with Gasteiger partial charge in [0, 0.05) is 32.2 Å². The molecule has 0 aromatic carbocycles. The highest BCUT2D eigenvalue weighted by atomic mass is 15.2. The van der Waals surface area contributed by atoms with E-state index < -0.39 is 0 Å². The Morgan fingerprint density at radius 3 is 2.31 bits per heavy atom. The monoisotopic (exact) mass is 227 g/mol. The molecule has 3 nitrogen and oxygen atoms in total. The number of piperazine rings is 1. The van der Waals surface area contributed by atoms with Gasteiger partial charge < -0.3 is 15.1 Å². The van der Waals surface area contributed by atoms with Crippen LogP contribution in [0.1, 0.15) is 26.7 Å². The molecule has 1 N–H and O–H groups in total. The first-order valence-corrected chi connectivity index (χ1v) is 6.70. The van der Waals surface area contributed by atoms with E-state index in [4.69, 9.17) is 0 Å². The SMILES string of the molecule is CC(C)C(CCCN1CCNCC1)N(C)C. The van der Waals surface area contributed by atoms with E-state index in [-0.39, 0.29) is 0 Å². The van der Waals surface area contributed by atoms with Crippen molar-refractivity contribution in [1.29, 1.82) is 0 Å². The average Bonchev–Trinajstić information content (AvgIpc) is 2.24. The molecular weight excluding hydrogens is 198 g/mol. The minimum atomic E-state index is 0.739. The number of hydrogen-bond donors (Lipinski definition) is 1. The van der Waals surface area contributed by atoms with Gasteiger partial charge in [-0.15, -0.1) is 0 Å². The lowest BCUT2D eigenvalue weighted by Gasteiger charge is -2.30. The highest BCUT2D eigenvalue weighted by Gasteiger charge is 2.16. The average molecular weight is 227 g/mol. The number of nitrogens with one attached hydrogen (secondary N) is 1. The quantitative estimate of drug-likeness (QED) is 0.737. The summed E-state index contributed by atoms with van der Waals surface area (Å²) in [5, 5.41) is 3.40. The summed E-state index contributed by atoms with van der Waals surface area (Å²) in [7, 11) is 4.41. The fourth-order valence-electron chi connectivity index (χ4n) is 2.65. The van der Waals surface area contributed by atoms with Crippen molar-refractivity contribution in [1.82, 2.24) is 15.1 Å². The summed E-state index contributed by atoms with van der Waals surface area (Å²) in [6, 6.07) is 0.739. The van der Waals surface area contributed by atoms with E-state index in [1.54, 1.807) is 0 Å². The molecule has 1 fully saturated rings. The van der Waals surface area contributed by atoms with E-state index in [0.29, 0.717) is 0 Å². The van der Waals surface area contributed by atoms with Crippen molar-refractivity contribution in [2.45, 2.75) is 32.7 Å². The van der Waals surface area contributed by atoms with Gasteiger partial charge in [0.05, 0.1) is 0 Å². The predicted molar refractivity (Wildman–Crippen MR) is 70.9 cm³/mol. The van der Waals surface area contributed by atoms with E-state index in [2.05, 4.69) is 43.1 Å². The lowest BCUT2D eigenvalue weighted by Crippen LogP contribution is -2.44. The van der Waals surface area contributed by atoms with Crippen LogP contribution in [0.5, 0.6) is 0 Å². The molecule has 0 aromatic rings. The summed E-state index contributed by atoms with van der Waals surface area (Å²) >= 11 is 0. The maximum Gasteiger partial charge on any atom is 0.0113 e. The smallest absolute Gasteiger partial charge is 0.0113 e. The van der Waals surface area contributed by atoms with E-state index in [1.165, 1.54) is 45.6 Å². The molecule has 1 aliphatic heterocycles. The van der Waals surface area contributed by atoms with Crippen molar-refractivity contribution in [2.75, 3.05) is 46.8 Å². The van der Waals surface area contributed by atoms with Gasteiger partial charge in [-0.25, -0.2) is 0 Å². The van der Waals surface area contributed by atoms with Crippen LogP contribution in [0.2, 0.25) is 0 Å². The molecule has 1 unspecified atom stereocenters. The van der Waals surface area contributed by atoms with Gasteiger partial charge in [0.1, 0.15) is 0 Å². The van der Waals surface area contributed by atoms with Crippen molar-refractivity contribution < 1.29 is 0 Å². The van der Waals surface area contributed by atoms with Crippen molar-refractivity contribution in [2.24, 2.45) is 5.92 Å². The van der Waals surface area contributed by atoms with Crippen molar-refractivity contribution in [3.8, 4) is 0 Å². The second-order valence-corrected chi connectivity index (χ2v) is 5.51. The lowest BCUT2D eigenvalue weighted by molar-refractivity contribution is 0.190. The van der Waals surface area contributed by atoms with Crippen LogP contribution in [0.15, 0.2) is 0 Å². The van der Waals surface area contributed by atoms with E-state index >= 15 is 0 Å². The molecule has 1 aliphatic rings. The zero-order valence-electron chi connectivity index (χ0n) is 11.5. The Morgan fingerprint density at radius 2 is 1.81 bits per heavy atom. The summed E-state index contributed by atoms with van der Waals surface area (Å²) in [4.78, 5) is 4.96. The highest BCUT2D eigenvalue weighted by molar-refractivity contribution is 4.72. The van der Waals surface area contributed by atoms with E-state index in [0.717, 1.165) is 12.0 Å². The zero-order chi connectivity index (χ0) is 12.0. The van der Waals surface area contributed by atoms with Gasteiger partial charge in [0.25, 0.3) is 0 Å². The van der Waals surface area contributed by atoms with Gasteiger partial charge in [0.15, 0.2) is 0 Å². The Balaban J connectivity index is 2.16. The normalized spacial score (nSPS) is 20.6. The molecule has 96 valence electrons. The molecule has 1 saturated heterocycles. The Hall–Kier alpha value is -0.120. The van der Waals surface area contributed by atoms with E-state index in [1.807, 2.05) is 0 Å². The molecule has 0 radical (unpaired) electrons. The van der Waals surface area contributed by atoms with Gasteiger partial charge in [-0.1, -0.05) is 13.8 Å². The summed E-state index contributed by atoms with van der Waals surface area (Å²) in [6.45, 7) is 10.7. The maximum atomic E-state index is 3.40. The summed E-state index contributed by atoms with van der Waals surface area (Å²) in [6.07, 6.45) is 2.66. The largest absolute Gasteiger partial charge is 0.314 e. The van der Waals surface area contributed by atoms with Crippen LogP contribution in [-0.2, 0) is 0 Å². The fraction of sp³-hybridized carbons (Fsp3) is 1.00. The zero-order valence-corrected chi connectivity index (χ0v) is 11.5. The molecule has 0 amide bonds. The summed E-state index contributed by atoms with van der Waals surface area (Å²) < 4.78 is 0. The van der Waals surface area contributed by atoms with Gasteiger partial charge in [-0.3, -0.25) is 0 Å². The van der Waals surface area contributed by atoms with Crippen molar-refractivity contribution in [3.05, 3.63) is 0 Å². The first-order chi connectivity index (χ1) is 7.61. The molecular formula is C13H29N3. The highest BCUT2D eigenvalue weighted by Crippen LogP contribution is 2.14. The van der Waals surface area contributed by atoms with Crippen molar-refractivity contribution in [3.63, 3.8) is 0 Å². The molecule has 3 heteroatoms. The number of nitrogens with zero attached hydrogens (tertiary/aromatic N) is 2. The van der Waals surface area contributed by atoms with Gasteiger partial charge >= 0.3 is 0 Å². The molecule has 0 aliphatic carbocycles. The van der Waals surface area contributed by atoms with Crippen LogP contribution < -0.4 is 5.32 Å². The summed E-state index contributed by atoms with van der Waals surface area (Å²) in [5.74, 6) is 0.762. The molecule has 1 atom stereocenters. The molecule has 0 aromatic heterocycles. The van der Waals surface area contributed by atoms with Crippen LogP contribution >= 0.6 is 0 Å². The third-order valence-electron chi connectivity index (χ3n) is 3.62. The maximum absolute atomic E-state index is 3.40. The number of hydrogen-bond acceptors (Lipinski definition) is 3. The first kappa shape index (κ1) is 13.9. The molecule has 1 rings (SSSR count). The second-order valence-electron chi connectivity index (χ2n) is 5.51. The van der Waals surface area contributed by atoms with Crippen LogP contribution in [0, 0.1) is 5.92 Å². The van der Waals surface area contributed by atoms with Crippen LogP contribution in [-0.4, -0.2) is 62.7 Å². The second kappa shape index (κ2) is 7.25. The minimum Gasteiger partial charge on any atom is -0.314 e. The van der Waals surface area contributed by atoms with Crippen LogP contribution in [0.3, 0.4) is 0 Å². The Kier molecular flexibility index (Phi) is 6.32. The molecule has 0 bridgehead atoms. The van der Waals surface area contributed by atoms with Gasteiger partial charge in [-0.2, -0.15) is 0 Å². The van der Waals surface area contributed by atoms with Crippen LogP contribution in [0.25, 0.3) is 0 Å². The molecule has 0 spiro atoms. The molecule has 16 heavy (non-hydrogen) atoms. The van der Waals surface area contributed by atoms with Gasteiger partial charge in [-0.05, 0) is 39.4 Å². The molecule has 1 heterocycles. The minimum absolute atomic E-state index is 0.739. The Bertz CT molecular complexity index is 166.